The van der Waals surface area contributed by atoms with Crippen LogP contribution in [0.4, 0.5) is 5.82 Å². The Balaban J connectivity index is 2.01. The van der Waals surface area contributed by atoms with E-state index in [1.807, 2.05) is 4.90 Å². The summed E-state index contributed by atoms with van der Waals surface area (Å²) in [6, 6.07) is 3.17. The van der Waals surface area contributed by atoms with E-state index in [-0.39, 0.29) is 17.6 Å². The van der Waals surface area contributed by atoms with Gasteiger partial charge in [0.05, 0.1) is 0 Å². The summed E-state index contributed by atoms with van der Waals surface area (Å²) in [5, 5.41) is 19.1. The summed E-state index contributed by atoms with van der Waals surface area (Å²) in [6.45, 7) is 2.93. The maximum Gasteiger partial charge on any atom is 0.356 e. The Hall–Kier alpha value is -2.18. The van der Waals surface area contributed by atoms with Crippen LogP contribution < -0.4 is 10.2 Å². The second-order valence-electron chi connectivity index (χ2n) is 4.21. The van der Waals surface area contributed by atoms with Crippen LogP contribution in [-0.2, 0) is 4.79 Å². The van der Waals surface area contributed by atoms with Crippen molar-refractivity contribution in [2.75, 3.05) is 18.0 Å². The van der Waals surface area contributed by atoms with Crippen LogP contribution in [0, 0.1) is 0 Å². The van der Waals surface area contributed by atoms with Crippen LogP contribution in [0.5, 0.6) is 0 Å². The van der Waals surface area contributed by atoms with E-state index in [1.54, 1.807) is 6.07 Å². The quantitative estimate of drug-likeness (QED) is 0.777. The molecule has 1 unspecified atom stereocenters. The third-order valence-corrected chi connectivity index (χ3v) is 2.79. The Morgan fingerprint density at radius 2 is 2.22 bits per heavy atom. The molecule has 1 amide bonds. The lowest BCUT2D eigenvalue weighted by molar-refractivity contribution is -0.119. The average molecular weight is 250 g/mol. The molecule has 0 bridgehead atoms. The molecule has 1 saturated heterocycles. The first kappa shape index (κ1) is 12.3. The number of rotatable bonds is 3. The van der Waals surface area contributed by atoms with E-state index in [4.69, 9.17) is 5.11 Å². The van der Waals surface area contributed by atoms with Gasteiger partial charge in [-0.05, 0) is 18.6 Å². The molecule has 0 aliphatic carbocycles. The van der Waals surface area contributed by atoms with E-state index in [1.165, 1.54) is 13.0 Å². The van der Waals surface area contributed by atoms with Crippen LogP contribution in [0.3, 0.4) is 0 Å². The van der Waals surface area contributed by atoms with Crippen molar-refractivity contribution in [2.24, 2.45) is 0 Å². The van der Waals surface area contributed by atoms with E-state index >= 15 is 0 Å². The molecule has 1 aliphatic rings. The normalized spacial score (nSPS) is 18.7. The number of hydrogen-bond donors (Lipinski definition) is 2. The van der Waals surface area contributed by atoms with Gasteiger partial charge in [0.2, 0.25) is 5.91 Å². The number of nitrogens with zero attached hydrogens (tertiary/aromatic N) is 3. The maximum atomic E-state index is 10.9. The lowest BCUT2D eigenvalue weighted by atomic mass is 10.3. The van der Waals surface area contributed by atoms with Crippen molar-refractivity contribution in [1.82, 2.24) is 15.5 Å². The minimum absolute atomic E-state index is 0.0471. The smallest absolute Gasteiger partial charge is 0.356 e. The zero-order valence-corrected chi connectivity index (χ0v) is 9.96. The summed E-state index contributed by atoms with van der Waals surface area (Å²) >= 11 is 0. The second-order valence-corrected chi connectivity index (χ2v) is 4.21. The minimum Gasteiger partial charge on any atom is -0.476 e. The number of carbonyl (C=O) groups excluding carboxylic acids is 1. The number of amides is 1. The molecule has 18 heavy (non-hydrogen) atoms. The number of aromatic carboxylic acids is 1. The monoisotopic (exact) mass is 250 g/mol. The third-order valence-electron chi connectivity index (χ3n) is 2.79. The Morgan fingerprint density at radius 3 is 2.78 bits per heavy atom. The number of nitrogens with one attached hydrogen (secondary N) is 1. The fraction of sp³-hybridized carbons (Fsp3) is 0.455. The molecule has 1 aromatic rings. The standard InChI is InChI=1S/C11H14N4O3/c1-7(16)12-8-4-5-15(6-8)10-3-2-9(11(17)18)13-14-10/h2-3,8H,4-6H2,1H3,(H,12,16)(H,17,18). The lowest BCUT2D eigenvalue weighted by Gasteiger charge is -2.16. The Morgan fingerprint density at radius 1 is 1.44 bits per heavy atom. The van der Waals surface area contributed by atoms with Gasteiger partial charge in [-0.2, -0.15) is 0 Å². The number of carboxylic acid groups (broad SMARTS) is 1. The molecule has 2 N–H and O–H groups in total. The van der Waals surface area contributed by atoms with Gasteiger partial charge in [0.25, 0.3) is 0 Å². The molecule has 1 fully saturated rings. The minimum atomic E-state index is -1.09. The molecule has 2 heterocycles. The highest BCUT2D eigenvalue weighted by atomic mass is 16.4. The van der Waals surface area contributed by atoms with Gasteiger partial charge in [-0.15, -0.1) is 10.2 Å². The van der Waals surface area contributed by atoms with E-state index in [9.17, 15) is 9.59 Å². The summed E-state index contributed by atoms with van der Waals surface area (Å²) in [4.78, 5) is 23.6. The highest BCUT2D eigenvalue weighted by Crippen LogP contribution is 2.17. The Kier molecular flexibility index (Phi) is 3.40. The molecule has 2 rings (SSSR count). The van der Waals surface area contributed by atoms with Crippen LogP contribution in [-0.4, -0.2) is 46.3 Å². The third kappa shape index (κ3) is 2.73. The summed E-state index contributed by atoms with van der Waals surface area (Å²) < 4.78 is 0. The van der Waals surface area contributed by atoms with Gasteiger partial charge < -0.3 is 15.3 Å². The Labute approximate surface area is 104 Å². The van der Waals surface area contributed by atoms with Gasteiger partial charge in [0.1, 0.15) is 0 Å². The van der Waals surface area contributed by atoms with Gasteiger partial charge in [-0.1, -0.05) is 0 Å². The molecule has 7 nitrogen and oxygen atoms in total. The summed E-state index contributed by atoms with van der Waals surface area (Å²) in [6.07, 6.45) is 0.849. The number of carbonyl (C=O) groups is 2. The molecule has 0 spiro atoms. The first-order valence-corrected chi connectivity index (χ1v) is 5.65. The average Bonchev–Trinajstić information content (AvgIpc) is 2.76. The highest BCUT2D eigenvalue weighted by molar-refractivity contribution is 5.85. The van der Waals surface area contributed by atoms with Crippen molar-refractivity contribution in [3.05, 3.63) is 17.8 Å². The van der Waals surface area contributed by atoms with Crippen molar-refractivity contribution >= 4 is 17.7 Å². The molecule has 1 atom stereocenters. The van der Waals surface area contributed by atoms with Crippen molar-refractivity contribution in [3.8, 4) is 0 Å². The molecular formula is C11H14N4O3. The van der Waals surface area contributed by atoms with Crippen LogP contribution >= 0.6 is 0 Å². The molecular weight excluding hydrogens is 236 g/mol. The summed E-state index contributed by atoms with van der Waals surface area (Å²) in [7, 11) is 0. The van der Waals surface area contributed by atoms with Crippen molar-refractivity contribution in [3.63, 3.8) is 0 Å². The topological polar surface area (TPSA) is 95.4 Å². The van der Waals surface area contributed by atoms with Gasteiger partial charge in [0, 0.05) is 26.1 Å². The number of anilines is 1. The lowest BCUT2D eigenvalue weighted by Crippen LogP contribution is -2.35. The molecule has 96 valence electrons. The number of aromatic nitrogens is 2. The molecule has 1 aromatic heterocycles. The first-order chi connectivity index (χ1) is 8.56. The highest BCUT2D eigenvalue weighted by Gasteiger charge is 2.24. The zero-order chi connectivity index (χ0) is 13.1. The number of hydrogen-bond acceptors (Lipinski definition) is 5. The SMILES string of the molecule is CC(=O)NC1CCN(c2ccc(C(=O)O)nn2)C1. The number of carboxylic acids is 1. The fourth-order valence-corrected chi connectivity index (χ4v) is 1.98. The van der Waals surface area contributed by atoms with Crippen LogP contribution in [0.1, 0.15) is 23.8 Å². The predicted molar refractivity (Wildman–Crippen MR) is 63.4 cm³/mol. The van der Waals surface area contributed by atoms with Gasteiger partial charge >= 0.3 is 5.97 Å². The summed E-state index contributed by atoms with van der Waals surface area (Å²) in [5.74, 6) is -0.506. The molecule has 0 radical (unpaired) electrons. The van der Waals surface area contributed by atoms with Crippen molar-refractivity contribution in [1.29, 1.82) is 0 Å². The first-order valence-electron chi connectivity index (χ1n) is 5.65. The summed E-state index contributed by atoms with van der Waals surface area (Å²) in [5.41, 5.74) is -0.0728. The molecule has 1 aliphatic heterocycles. The fourth-order valence-electron chi connectivity index (χ4n) is 1.98. The molecule has 0 saturated carbocycles. The van der Waals surface area contributed by atoms with Crippen LogP contribution in [0.25, 0.3) is 0 Å². The predicted octanol–water partition coefficient (Wildman–Crippen LogP) is -0.110. The van der Waals surface area contributed by atoms with Crippen LogP contribution in [0.15, 0.2) is 12.1 Å². The van der Waals surface area contributed by atoms with E-state index in [0.29, 0.717) is 12.4 Å². The van der Waals surface area contributed by atoms with Crippen molar-refractivity contribution in [2.45, 2.75) is 19.4 Å². The molecule has 7 heteroatoms. The Bertz CT molecular complexity index is 460. The van der Waals surface area contributed by atoms with Crippen molar-refractivity contribution < 1.29 is 14.7 Å². The van der Waals surface area contributed by atoms with E-state index in [2.05, 4.69) is 15.5 Å². The van der Waals surface area contributed by atoms with E-state index in [0.717, 1.165) is 13.0 Å². The van der Waals surface area contributed by atoms with Gasteiger partial charge in [0.15, 0.2) is 11.5 Å². The molecule has 0 aromatic carbocycles. The second kappa shape index (κ2) is 4.99. The van der Waals surface area contributed by atoms with E-state index < -0.39 is 5.97 Å². The van der Waals surface area contributed by atoms with Gasteiger partial charge in [-0.25, -0.2) is 4.79 Å². The largest absolute Gasteiger partial charge is 0.476 e. The zero-order valence-electron chi connectivity index (χ0n) is 9.96. The van der Waals surface area contributed by atoms with Crippen LogP contribution in [0.2, 0.25) is 0 Å². The van der Waals surface area contributed by atoms with Gasteiger partial charge in [-0.3, -0.25) is 4.79 Å². The maximum absolute atomic E-state index is 10.9.